The van der Waals surface area contributed by atoms with Crippen LogP contribution < -0.4 is 0 Å². The number of hydrogen-bond acceptors (Lipinski definition) is 4. The van der Waals surface area contributed by atoms with E-state index in [4.69, 9.17) is 13.3 Å². The molecule has 0 atom stereocenters. The van der Waals surface area contributed by atoms with Gasteiger partial charge in [-0.2, -0.15) is 0 Å². The Morgan fingerprint density at radius 1 is 1.00 bits per heavy atom. The van der Waals surface area contributed by atoms with Gasteiger partial charge in [0, 0.05) is 32.4 Å². The van der Waals surface area contributed by atoms with Gasteiger partial charge in [0.05, 0.1) is 11.0 Å². The van der Waals surface area contributed by atoms with Gasteiger partial charge < -0.3 is 17.8 Å². The molecule has 0 fully saturated rings. The van der Waals surface area contributed by atoms with Crippen LogP contribution in [0.25, 0.3) is 11.0 Å². The molecule has 0 spiro atoms. The van der Waals surface area contributed by atoms with Crippen molar-refractivity contribution in [2.75, 3.05) is 19.8 Å². The number of nitrogens with zero attached hydrogens (tertiary/aromatic N) is 2. The second kappa shape index (κ2) is 7.87. The molecular weight excluding hydrogens is 296 g/mol. The van der Waals surface area contributed by atoms with Crippen LogP contribution >= 0.6 is 0 Å². The zero-order valence-corrected chi connectivity index (χ0v) is 15.0. The molecule has 0 aliphatic carbocycles. The number of para-hydroxylation sites is 2. The molecule has 22 heavy (non-hydrogen) atoms. The molecule has 5 nitrogen and oxygen atoms in total. The Morgan fingerprint density at radius 2 is 1.59 bits per heavy atom. The van der Waals surface area contributed by atoms with Crippen LogP contribution in [0.5, 0.6) is 0 Å². The smallest absolute Gasteiger partial charge is 0.374 e. The van der Waals surface area contributed by atoms with Gasteiger partial charge in [-0.3, -0.25) is 0 Å². The molecule has 0 saturated heterocycles. The van der Waals surface area contributed by atoms with Gasteiger partial charge in [0.15, 0.2) is 0 Å². The van der Waals surface area contributed by atoms with Crippen LogP contribution in [0.4, 0.5) is 0 Å². The summed E-state index contributed by atoms with van der Waals surface area (Å²) in [4.78, 5) is 4.61. The summed E-state index contributed by atoms with van der Waals surface area (Å²) in [5.41, 5.74) is 2.17. The van der Waals surface area contributed by atoms with E-state index in [1.165, 1.54) is 0 Å². The first-order chi connectivity index (χ1) is 10.7. The Bertz CT molecular complexity index is 583. The normalized spacial score (nSPS) is 12.2. The summed E-state index contributed by atoms with van der Waals surface area (Å²) >= 11 is 0. The molecule has 2 rings (SSSR count). The van der Waals surface area contributed by atoms with Crippen molar-refractivity contribution in [3.63, 3.8) is 0 Å². The van der Waals surface area contributed by atoms with Crippen molar-refractivity contribution in [1.82, 2.24) is 9.55 Å². The molecule has 0 unspecified atom stereocenters. The van der Waals surface area contributed by atoms with Crippen LogP contribution in [-0.2, 0) is 19.8 Å². The van der Waals surface area contributed by atoms with Gasteiger partial charge >= 0.3 is 8.80 Å². The molecule has 0 aliphatic rings. The lowest BCUT2D eigenvalue weighted by Gasteiger charge is -2.28. The van der Waals surface area contributed by atoms with Crippen molar-refractivity contribution >= 4 is 19.8 Å². The van der Waals surface area contributed by atoms with Crippen LogP contribution in [-0.4, -0.2) is 38.2 Å². The Hall–Kier alpha value is -1.21. The largest absolute Gasteiger partial charge is 0.502 e. The zero-order chi connectivity index (χ0) is 16.0. The molecule has 0 saturated carbocycles. The predicted molar refractivity (Wildman–Crippen MR) is 89.9 cm³/mol. The molecule has 0 radical (unpaired) electrons. The van der Waals surface area contributed by atoms with Crippen LogP contribution in [0.3, 0.4) is 0 Å². The van der Waals surface area contributed by atoms with Crippen molar-refractivity contribution in [3.8, 4) is 0 Å². The number of fused-ring (bicyclic) bond motifs is 1. The lowest BCUT2D eigenvalue weighted by atomic mass is 10.3. The van der Waals surface area contributed by atoms with Gasteiger partial charge in [-0.05, 0) is 39.8 Å². The second-order valence-electron chi connectivity index (χ2n) is 5.03. The fraction of sp³-hybridized carbons (Fsp3) is 0.562. The van der Waals surface area contributed by atoms with Crippen molar-refractivity contribution in [3.05, 3.63) is 30.1 Å². The van der Waals surface area contributed by atoms with E-state index in [-0.39, 0.29) is 0 Å². The topological polar surface area (TPSA) is 45.5 Å². The summed E-state index contributed by atoms with van der Waals surface area (Å²) in [6, 6.07) is 8.94. The van der Waals surface area contributed by atoms with Crippen molar-refractivity contribution in [2.45, 2.75) is 40.3 Å². The monoisotopic (exact) mass is 322 g/mol. The highest BCUT2D eigenvalue weighted by Crippen LogP contribution is 2.21. The third-order valence-electron chi connectivity index (χ3n) is 3.58. The van der Waals surface area contributed by atoms with Gasteiger partial charge in [0.25, 0.3) is 0 Å². The maximum atomic E-state index is 5.92. The molecule has 1 aromatic carbocycles. The maximum Gasteiger partial charge on any atom is 0.502 e. The Kier molecular flexibility index (Phi) is 6.13. The van der Waals surface area contributed by atoms with Crippen LogP contribution in [0, 0.1) is 6.92 Å². The Balaban J connectivity index is 2.21. The van der Waals surface area contributed by atoms with Crippen LogP contribution in [0.15, 0.2) is 24.3 Å². The number of benzene rings is 1. The third-order valence-corrected chi connectivity index (χ3v) is 6.60. The number of hydrogen-bond donors (Lipinski definition) is 0. The van der Waals surface area contributed by atoms with E-state index >= 15 is 0 Å². The summed E-state index contributed by atoms with van der Waals surface area (Å²) in [5.74, 6) is 1.01. The third kappa shape index (κ3) is 3.75. The minimum absolute atomic E-state index is 0.607. The van der Waals surface area contributed by atoms with E-state index in [1.54, 1.807) is 0 Å². The highest BCUT2D eigenvalue weighted by molar-refractivity contribution is 6.60. The SMILES string of the molecule is CCO[Si](CCn1c(C)nc2ccccc21)(OCC)OCC. The van der Waals surface area contributed by atoms with Crippen molar-refractivity contribution in [1.29, 1.82) is 0 Å². The molecule has 6 heteroatoms. The average molecular weight is 322 g/mol. The number of rotatable bonds is 9. The number of imidazole rings is 1. The van der Waals surface area contributed by atoms with Gasteiger partial charge in [0.2, 0.25) is 0 Å². The standard InChI is InChI=1S/C16H26N2O3Si/c1-5-19-22(20-6-2,21-7-3)13-12-18-14(4)17-15-10-8-9-11-16(15)18/h8-11H,5-7,12-13H2,1-4H3. The lowest BCUT2D eigenvalue weighted by Crippen LogP contribution is -2.46. The van der Waals surface area contributed by atoms with E-state index < -0.39 is 8.80 Å². The van der Waals surface area contributed by atoms with E-state index in [2.05, 4.69) is 15.6 Å². The molecule has 0 N–H and O–H groups in total. The molecule has 0 amide bonds. The Labute approximate surface area is 133 Å². The molecule has 0 aliphatic heterocycles. The summed E-state index contributed by atoms with van der Waals surface area (Å²) < 4.78 is 20.0. The summed E-state index contributed by atoms with van der Waals surface area (Å²) in [6.07, 6.45) is 0. The van der Waals surface area contributed by atoms with E-state index in [9.17, 15) is 0 Å². The molecule has 1 aromatic heterocycles. The lowest BCUT2D eigenvalue weighted by molar-refractivity contribution is 0.0703. The highest BCUT2D eigenvalue weighted by Gasteiger charge is 2.40. The molecule has 122 valence electrons. The first-order valence-corrected chi connectivity index (χ1v) is 9.92. The van der Waals surface area contributed by atoms with Crippen LogP contribution in [0.1, 0.15) is 26.6 Å². The molecule has 0 bridgehead atoms. The predicted octanol–water partition coefficient (Wildman–Crippen LogP) is 3.39. The summed E-state index contributed by atoms with van der Waals surface area (Å²) in [7, 11) is -2.61. The minimum atomic E-state index is -2.61. The number of aryl methyl sites for hydroxylation is 2. The van der Waals surface area contributed by atoms with Gasteiger partial charge in [-0.25, -0.2) is 4.98 Å². The van der Waals surface area contributed by atoms with Gasteiger partial charge in [-0.15, -0.1) is 0 Å². The van der Waals surface area contributed by atoms with E-state index in [0.717, 1.165) is 29.4 Å². The number of aromatic nitrogens is 2. The van der Waals surface area contributed by atoms with Crippen molar-refractivity contribution < 1.29 is 13.3 Å². The zero-order valence-electron chi connectivity index (χ0n) is 14.0. The quantitative estimate of drug-likeness (QED) is 0.664. The molecule has 1 heterocycles. The Morgan fingerprint density at radius 3 is 2.18 bits per heavy atom. The fourth-order valence-corrected chi connectivity index (χ4v) is 5.23. The summed E-state index contributed by atoms with van der Waals surface area (Å²) in [6.45, 7) is 10.6. The fourth-order valence-electron chi connectivity index (χ4n) is 2.73. The van der Waals surface area contributed by atoms with Gasteiger partial charge in [-0.1, -0.05) is 12.1 Å². The van der Waals surface area contributed by atoms with Gasteiger partial charge in [0.1, 0.15) is 5.82 Å². The van der Waals surface area contributed by atoms with E-state index in [0.29, 0.717) is 19.8 Å². The maximum absolute atomic E-state index is 5.92. The highest BCUT2D eigenvalue weighted by atomic mass is 28.4. The van der Waals surface area contributed by atoms with E-state index in [1.807, 2.05) is 45.9 Å². The second-order valence-corrected chi connectivity index (χ2v) is 7.76. The van der Waals surface area contributed by atoms with Crippen molar-refractivity contribution in [2.24, 2.45) is 0 Å². The molecule has 2 aromatic rings. The average Bonchev–Trinajstić information content (AvgIpc) is 2.81. The first kappa shape index (κ1) is 17.1. The van der Waals surface area contributed by atoms with Crippen LogP contribution in [0.2, 0.25) is 6.04 Å². The first-order valence-electron chi connectivity index (χ1n) is 7.99. The minimum Gasteiger partial charge on any atom is -0.374 e. The molecular formula is C16H26N2O3Si. The summed E-state index contributed by atoms with van der Waals surface area (Å²) in [5, 5.41) is 0.